The molecule has 4 rings (SSSR count). The topological polar surface area (TPSA) is 58.1 Å². The first-order chi connectivity index (χ1) is 12.8. The second kappa shape index (κ2) is 7.74. The van der Waals surface area contributed by atoms with Gasteiger partial charge in [-0.05, 0) is 37.1 Å². The highest BCUT2D eigenvalue weighted by molar-refractivity contribution is 7.99. The first-order valence-corrected chi connectivity index (χ1v) is 9.77. The molecule has 6 heteroatoms. The van der Waals surface area contributed by atoms with E-state index in [1.54, 1.807) is 0 Å². The molecule has 5 nitrogen and oxygen atoms in total. The Morgan fingerprint density at radius 3 is 2.54 bits per heavy atom. The molecule has 1 aliphatic rings. The summed E-state index contributed by atoms with van der Waals surface area (Å²) in [5, 5.41) is 4.95. The summed E-state index contributed by atoms with van der Waals surface area (Å²) in [7, 11) is 0. The van der Waals surface area contributed by atoms with Crippen molar-refractivity contribution in [1.82, 2.24) is 14.9 Å². The lowest BCUT2D eigenvalue weighted by atomic mass is 10.2. The monoisotopic (exact) mass is 364 g/mol. The van der Waals surface area contributed by atoms with E-state index in [0.717, 1.165) is 48.3 Å². The maximum atomic E-state index is 12.3. The van der Waals surface area contributed by atoms with Gasteiger partial charge >= 0.3 is 0 Å². The third-order valence-electron chi connectivity index (χ3n) is 4.40. The van der Waals surface area contributed by atoms with E-state index in [4.69, 9.17) is 0 Å². The molecule has 0 spiro atoms. The van der Waals surface area contributed by atoms with E-state index >= 15 is 0 Å². The normalized spacial score (nSPS) is 13.9. The molecule has 2 aromatic carbocycles. The number of hydrogen-bond acceptors (Lipinski definition) is 5. The second-order valence-corrected chi connectivity index (χ2v) is 7.18. The number of carbonyl (C=O) groups is 1. The number of nitrogens with zero attached hydrogens (tertiary/aromatic N) is 3. The van der Waals surface area contributed by atoms with Crippen LogP contribution in [0.2, 0.25) is 0 Å². The van der Waals surface area contributed by atoms with Crippen LogP contribution in [-0.2, 0) is 4.79 Å². The number of rotatable bonds is 5. The summed E-state index contributed by atoms with van der Waals surface area (Å²) in [5.74, 6) is 1.31. The highest BCUT2D eigenvalue weighted by Crippen LogP contribution is 2.27. The first-order valence-electron chi connectivity index (χ1n) is 8.79. The number of para-hydroxylation sites is 2. The zero-order valence-corrected chi connectivity index (χ0v) is 15.2. The first kappa shape index (κ1) is 16.8. The molecular formula is C20H20N4OS. The molecule has 1 N–H and O–H groups in total. The van der Waals surface area contributed by atoms with Gasteiger partial charge in [0.05, 0.1) is 11.3 Å². The Morgan fingerprint density at radius 2 is 1.73 bits per heavy atom. The van der Waals surface area contributed by atoms with Crippen LogP contribution in [-0.4, -0.2) is 39.6 Å². The molecule has 1 aromatic heterocycles. The number of amides is 1. The van der Waals surface area contributed by atoms with E-state index in [1.807, 2.05) is 59.5 Å². The minimum Gasteiger partial charge on any atom is -0.342 e. The van der Waals surface area contributed by atoms with Crippen LogP contribution in [0.5, 0.6) is 0 Å². The van der Waals surface area contributed by atoms with E-state index in [9.17, 15) is 4.79 Å². The van der Waals surface area contributed by atoms with Crippen molar-refractivity contribution in [2.45, 2.75) is 18.0 Å². The maximum absolute atomic E-state index is 12.3. The quantitative estimate of drug-likeness (QED) is 0.546. The summed E-state index contributed by atoms with van der Waals surface area (Å²) in [6.45, 7) is 1.75. The number of thioether (sulfide) groups is 1. The van der Waals surface area contributed by atoms with Gasteiger partial charge in [0.15, 0.2) is 5.16 Å². The summed E-state index contributed by atoms with van der Waals surface area (Å²) in [6, 6.07) is 17.9. The molecule has 0 radical (unpaired) electrons. The van der Waals surface area contributed by atoms with Crippen molar-refractivity contribution in [1.29, 1.82) is 0 Å². The summed E-state index contributed by atoms with van der Waals surface area (Å²) in [4.78, 5) is 23.5. The van der Waals surface area contributed by atoms with Crippen molar-refractivity contribution in [3.05, 3.63) is 54.6 Å². The third kappa shape index (κ3) is 3.80. The van der Waals surface area contributed by atoms with Gasteiger partial charge in [-0.1, -0.05) is 42.1 Å². The number of fused-ring (bicyclic) bond motifs is 1. The highest BCUT2D eigenvalue weighted by atomic mass is 32.2. The van der Waals surface area contributed by atoms with Gasteiger partial charge in [-0.15, -0.1) is 0 Å². The van der Waals surface area contributed by atoms with Crippen molar-refractivity contribution in [3.8, 4) is 0 Å². The SMILES string of the molecule is O=C(CSc1nc(Nc2ccccc2)c2ccccc2n1)N1CCCC1. The Balaban J connectivity index is 1.58. The van der Waals surface area contributed by atoms with E-state index < -0.39 is 0 Å². The lowest BCUT2D eigenvalue weighted by molar-refractivity contribution is -0.127. The van der Waals surface area contributed by atoms with Gasteiger partial charge in [-0.25, -0.2) is 9.97 Å². The number of carbonyl (C=O) groups excluding carboxylic acids is 1. The van der Waals surface area contributed by atoms with E-state index in [-0.39, 0.29) is 5.91 Å². The fourth-order valence-corrected chi connectivity index (χ4v) is 3.81. The molecule has 0 atom stereocenters. The van der Waals surface area contributed by atoms with Crippen molar-refractivity contribution >= 4 is 40.1 Å². The number of nitrogens with one attached hydrogen (secondary N) is 1. The lowest BCUT2D eigenvalue weighted by Crippen LogP contribution is -2.29. The average molecular weight is 364 g/mol. The molecule has 0 saturated carbocycles. The smallest absolute Gasteiger partial charge is 0.233 e. The van der Waals surface area contributed by atoms with Crippen molar-refractivity contribution in [3.63, 3.8) is 0 Å². The van der Waals surface area contributed by atoms with Crippen LogP contribution in [0.1, 0.15) is 12.8 Å². The molecule has 132 valence electrons. The van der Waals surface area contributed by atoms with Crippen molar-refractivity contribution in [2.75, 3.05) is 24.2 Å². The zero-order chi connectivity index (χ0) is 17.8. The van der Waals surface area contributed by atoms with Gasteiger partial charge in [0.2, 0.25) is 5.91 Å². The highest BCUT2D eigenvalue weighted by Gasteiger charge is 2.18. The summed E-state index contributed by atoms with van der Waals surface area (Å²) >= 11 is 1.40. The van der Waals surface area contributed by atoms with Crippen LogP contribution in [0.15, 0.2) is 59.8 Å². The van der Waals surface area contributed by atoms with Gasteiger partial charge in [0.25, 0.3) is 0 Å². The maximum Gasteiger partial charge on any atom is 0.233 e. The van der Waals surface area contributed by atoms with Gasteiger partial charge in [-0.3, -0.25) is 4.79 Å². The van der Waals surface area contributed by atoms with Crippen LogP contribution in [0.4, 0.5) is 11.5 Å². The van der Waals surface area contributed by atoms with Crippen LogP contribution < -0.4 is 5.32 Å². The fraction of sp³-hybridized carbons (Fsp3) is 0.250. The largest absolute Gasteiger partial charge is 0.342 e. The summed E-state index contributed by atoms with van der Waals surface area (Å²) in [5.41, 5.74) is 1.84. The number of likely N-dealkylation sites (tertiary alicyclic amines) is 1. The van der Waals surface area contributed by atoms with E-state index in [1.165, 1.54) is 11.8 Å². The minimum atomic E-state index is 0.168. The molecule has 2 heterocycles. The second-order valence-electron chi connectivity index (χ2n) is 6.24. The molecule has 26 heavy (non-hydrogen) atoms. The number of benzene rings is 2. The standard InChI is InChI=1S/C20H20N4OS/c25-18(24-12-6-7-13-24)14-26-20-22-17-11-5-4-10-16(17)19(23-20)21-15-8-2-1-3-9-15/h1-5,8-11H,6-7,12-14H2,(H,21,22,23). The van der Waals surface area contributed by atoms with Gasteiger partial charge < -0.3 is 10.2 Å². The number of aromatic nitrogens is 2. The van der Waals surface area contributed by atoms with Gasteiger partial charge in [-0.2, -0.15) is 0 Å². The fourth-order valence-electron chi connectivity index (χ4n) is 3.06. The predicted octanol–water partition coefficient (Wildman–Crippen LogP) is 4.09. The molecule has 1 saturated heterocycles. The number of anilines is 2. The van der Waals surface area contributed by atoms with Crippen LogP contribution >= 0.6 is 11.8 Å². The van der Waals surface area contributed by atoms with E-state index in [0.29, 0.717) is 10.9 Å². The van der Waals surface area contributed by atoms with Crippen LogP contribution in [0, 0.1) is 0 Å². The van der Waals surface area contributed by atoms with Crippen LogP contribution in [0.25, 0.3) is 10.9 Å². The Morgan fingerprint density at radius 1 is 1.00 bits per heavy atom. The molecular weight excluding hydrogens is 344 g/mol. The molecule has 1 aliphatic heterocycles. The zero-order valence-electron chi connectivity index (χ0n) is 14.4. The molecule has 1 fully saturated rings. The molecule has 0 bridgehead atoms. The predicted molar refractivity (Wildman–Crippen MR) is 106 cm³/mol. The average Bonchev–Trinajstić information content (AvgIpc) is 3.22. The Labute approximate surface area is 156 Å². The molecule has 3 aromatic rings. The summed E-state index contributed by atoms with van der Waals surface area (Å²) in [6.07, 6.45) is 2.21. The molecule has 0 unspecified atom stereocenters. The lowest BCUT2D eigenvalue weighted by Gasteiger charge is -2.15. The van der Waals surface area contributed by atoms with Crippen molar-refractivity contribution in [2.24, 2.45) is 0 Å². The van der Waals surface area contributed by atoms with Gasteiger partial charge in [0, 0.05) is 24.2 Å². The minimum absolute atomic E-state index is 0.168. The van der Waals surface area contributed by atoms with Gasteiger partial charge in [0.1, 0.15) is 5.82 Å². The Hall–Kier alpha value is -2.60. The van der Waals surface area contributed by atoms with Crippen LogP contribution in [0.3, 0.4) is 0 Å². The number of hydrogen-bond donors (Lipinski definition) is 1. The molecule has 1 amide bonds. The third-order valence-corrected chi connectivity index (χ3v) is 5.23. The summed E-state index contributed by atoms with van der Waals surface area (Å²) < 4.78 is 0. The van der Waals surface area contributed by atoms with E-state index in [2.05, 4.69) is 15.3 Å². The Bertz CT molecular complexity index is 910. The van der Waals surface area contributed by atoms with Crippen molar-refractivity contribution < 1.29 is 4.79 Å². The molecule has 0 aliphatic carbocycles. The Kier molecular flexibility index (Phi) is 5.02.